The van der Waals surface area contributed by atoms with Gasteiger partial charge in [-0.1, -0.05) is 77.7 Å². The highest BCUT2D eigenvalue weighted by Gasteiger charge is 2.49. The molecule has 2 heterocycles. The van der Waals surface area contributed by atoms with Gasteiger partial charge in [0.2, 0.25) is 10.9 Å². The summed E-state index contributed by atoms with van der Waals surface area (Å²) in [6.45, 7) is 1.58. The van der Waals surface area contributed by atoms with E-state index < -0.39 is 29.3 Å². The van der Waals surface area contributed by atoms with E-state index in [1.165, 1.54) is 50.1 Å². The number of fused-ring (bicyclic) bond motifs is 1. The van der Waals surface area contributed by atoms with Crippen LogP contribution in [-0.4, -0.2) is 48.3 Å². The number of nitrogens with zero attached hydrogens (tertiary/aromatic N) is 3. The van der Waals surface area contributed by atoms with Crippen molar-refractivity contribution in [3.63, 3.8) is 0 Å². The third-order valence-electron chi connectivity index (χ3n) is 7.73. The van der Waals surface area contributed by atoms with Gasteiger partial charge in [0.05, 0.1) is 32.9 Å². The number of methoxy groups -OCH3 is 3. The maximum atomic E-state index is 14.6. The summed E-state index contributed by atoms with van der Waals surface area (Å²) in [6, 6.07) is 20.3. The summed E-state index contributed by atoms with van der Waals surface area (Å²) in [5, 5.41) is 22.5. The van der Waals surface area contributed by atoms with Crippen molar-refractivity contribution in [2.24, 2.45) is 0 Å². The molecule has 1 amide bonds. The maximum absolute atomic E-state index is 14.6. The van der Waals surface area contributed by atoms with Gasteiger partial charge in [-0.3, -0.25) is 14.5 Å². The summed E-state index contributed by atoms with van der Waals surface area (Å²) >= 11 is 2.60. The number of amides is 1. The molecule has 1 aromatic heterocycles. The number of ketones is 1. The van der Waals surface area contributed by atoms with Crippen molar-refractivity contribution in [2.45, 2.75) is 23.1 Å². The van der Waals surface area contributed by atoms with Crippen LogP contribution in [0.1, 0.15) is 28.3 Å². The summed E-state index contributed by atoms with van der Waals surface area (Å²) in [7, 11) is 4.34. The topological polar surface area (TPSA) is 111 Å². The van der Waals surface area contributed by atoms with Crippen LogP contribution in [0.2, 0.25) is 0 Å². The summed E-state index contributed by atoms with van der Waals surface area (Å²) in [5.41, 5.74) is 1.64. The van der Waals surface area contributed by atoms with Gasteiger partial charge in [-0.25, -0.2) is 4.39 Å². The van der Waals surface area contributed by atoms with Crippen LogP contribution in [0.15, 0.2) is 82.7 Å². The van der Waals surface area contributed by atoms with E-state index in [9.17, 15) is 19.1 Å². The van der Waals surface area contributed by atoms with Gasteiger partial charge in [0, 0.05) is 11.3 Å². The molecule has 1 aliphatic heterocycles. The van der Waals surface area contributed by atoms with E-state index in [4.69, 9.17) is 14.2 Å². The molecule has 1 atom stereocenters. The Balaban J connectivity index is 1.44. The number of hydrogen-bond donors (Lipinski definition) is 1. The largest absolute Gasteiger partial charge is 0.507 e. The Bertz CT molecular complexity index is 2000. The highest BCUT2D eigenvalue weighted by molar-refractivity contribution is 8.00. The Morgan fingerprint density at radius 2 is 1.67 bits per heavy atom. The minimum Gasteiger partial charge on any atom is -0.507 e. The quantitative estimate of drug-likeness (QED) is 0.0584. The van der Waals surface area contributed by atoms with Crippen molar-refractivity contribution in [2.75, 3.05) is 26.2 Å². The first-order valence-electron chi connectivity index (χ1n) is 14.1. The molecule has 0 bridgehead atoms. The number of ether oxygens (including phenoxy) is 3. The Hall–Kier alpha value is -4.94. The number of benzene rings is 4. The lowest BCUT2D eigenvalue weighted by Crippen LogP contribution is -2.29. The molecule has 5 aromatic rings. The number of aryl methyl sites for hydroxylation is 1. The van der Waals surface area contributed by atoms with E-state index in [-0.39, 0.29) is 27.8 Å². The lowest BCUT2D eigenvalue weighted by Gasteiger charge is -2.24. The van der Waals surface area contributed by atoms with Crippen LogP contribution in [-0.2, 0) is 15.3 Å². The molecule has 6 rings (SSSR count). The van der Waals surface area contributed by atoms with Crippen LogP contribution in [0.4, 0.5) is 9.52 Å². The fourth-order valence-corrected chi connectivity index (χ4v) is 7.29. The molecule has 0 saturated carbocycles. The molecular weight excluding hydrogens is 630 g/mol. The number of hydrogen-bond acceptors (Lipinski definition) is 10. The molecule has 0 aliphatic carbocycles. The monoisotopic (exact) mass is 657 g/mol. The maximum Gasteiger partial charge on any atom is 0.301 e. The number of thioether (sulfide) groups is 1. The van der Waals surface area contributed by atoms with Gasteiger partial charge in [0.1, 0.15) is 11.6 Å². The zero-order valence-electron chi connectivity index (χ0n) is 25.2. The van der Waals surface area contributed by atoms with Crippen LogP contribution in [0.3, 0.4) is 0 Å². The molecule has 9 nitrogen and oxygen atoms in total. The number of carbonyl (C=O) groups excluding carboxylic acids is 2. The molecule has 234 valence electrons. The third-order valence-corrected chi connectivity index (χ3v) is 9.83. The summed E-state index contributed by atoms with van der Waals surface area (Å²) in [6.07, 6.45) is 0. The van der Waals surface area contributed by atoms with Crippen LogP contribution >= 0.6 is 23.1 Å². The lowest BCUT2D eigenvalue weighted by atomic mass is 9.94. The van der Waals surface area contributed by atoms with E-state index in [0.717, 1.165) is 33.7 Å². The minimum absolute atomic E-state index is 0.0436. The normalized spacial score (nSPS) is 15.8. The molecule has 1 aliphatic rings. The first kappa shape index (κ1) is 31.1. The second-order valence-electron chi connectivity index (χ2n) is 10.4. The van der Waals surface area contributed by atoms with Gasteiger partial charge in [-0.15, -0.1) is 10.2 Å². The Labute approximate surface area is 272 Å². The summed E-state index contributed by atoms with van der Waals surface area (Å²) in [5.74, 6) is -1.54. The van der Waals surface area contributed by atoms with Crippen LogP contribution < -0.4 is 19.1 Å². The van der Waals surface area contributed by atoms with Crippen molar-refractivity contribution in [1.29, 1.82) is 0 Å². The number of rotatable bonds is 9. The molecule has 12 heteroatoms. The Morgan fingerprint density at radius 1 is 0.957 bits per heavy atom. The number of anilines is 1. The zero-order chi connectivity index (χ0) is 32.5. The van der Waals surface area contributed by atoms with E-state index >= 15 is 0 Å². The molecule has 0 spiro atoms. The van der Waals surface area contributed by atoms with Crippen LogP contribution in [0.5, 0.6) is 17.2 Å². The van der Waals surface area contributed by atoms with Crippen molar-refractivity contribution < 1.29 is 33.3 Å². The summed E-state index contributed by atoms with van der Waals surface area (Å²) in [4.78, 5) is 28.6. The SMILES string of the molecule is COc1cc(C2/C(=C(/O)c3ccc(C)c(F)c3)C(=O)C(=O)N2c2nnc(SCc3cccc4ccccc34)s2)cc(OC)c1OC. The zero-order valence-corrected chi connectivity index (χ0v) is 26.9. The first-order chi connectivity index (χ1) is 22.2. The van der Waals surface area contributed by atoms with Crippen LogP contribution in [0, 0.1) is 12.7 Å². The van der Waals surface area contributed by atoms with Crippen molar-refractivity contribution in [1.82, 2.24) is 10.2 Å². The number of aliphatic hydroxyl groups is 1. The molecule has 1 unspecified atom stereocenters. The predicted octanol–water partition coefficient (Wildman–Crippen LogP) is 7.08. The van der Waals surface area contributed by atoms with Gasteiger partial charge in [-0.2, -0.15) is 0 Å². The number of aromatic nitrogens is 2. The average molecular weight is 658 g/mol. The van der Waals surface area contributed by atoms with E-state index in [0.29, 0.717) is 27.0 Å². The number of aliphatic hydroxyl groups excluding tert-OH is 1. The fraction of sp³-hybridized carbons (Fsp3) is 0.176. The Kier molecular flexibility index (Phi) is 8.65. The third kappa shape index (κ3) is 5.54. The smallest absolute Gasteiger partial charge is 0.301 e. The van der Waals surface area contributed by atoms with Gasteiger partial charge in [0.15, 0.2) is 15.8 Å². The number of halogens is 1. The van der Waals surface area contributed by atoms with Gasteiger partial charge in [-0.05, 0) is 52.6 Å². The van der Waals surface area contributed by atoms with E-state index in [2.05, 4.69) is 28.4 Å². The lowest BCUT2D eigenvalue weighted by molar-refractivity contribution is -0.132. The summed E-state index contributed by atoms with van der Waals surface area (Å²) < 4.78 is 31.7. The molecule has 0 radical (unpaired) electrons. The van der Waals surface area contributed by atoms with Crippen molar-refractivity contribution >= 4 is 56.5 Å². The first-order valence-corrected chi connectivity index (χ1v) is 15.9. The van der Waals surface area contributed by atoms with E-state index in [1.54, 1.807) is 19.1 Å². The van der Waals surface area contributed by atoms with Crippen molar-refractivity contribution in [3.8, 4) is 17.2 Å². The number of Topliss-reactive ketones (excluding diaryl/α,β-unsaturated/α-hetero) is 1. The van der Waals surface area contributed by atoms with Gasteiger partial charge in [0.25, 0.3) is 5.78 Å². The molecule has 1 N–H and O–H groups in total. The molecule has 46 heavy (non-hydrogen) atoms. The molecule has 1 fully saturated rings. The molecule has 4 aromatic carbocycles. The molecular formula is C34H28FN3O6S2. The molecule has 1 saturated heterocycles. The number of carbonyl (C=O) groups is 2. The van der Waals surface area contributed by atoms with E-state index in [1.807, 2.05) is 24.3 Å². The predicted molar refractivity (Wildman–Crippen MR) is 175 cm³/mol. The highest BCUT2D eigenvalue weighted by Crippen LogP contribution is 2.48. The fourth-order valence-electron chi connectivity index (χ4n) is 5.42. The minimum atomic E-state index is -1.18. The van der Waals surface area contributed by atoms with Gasteiger partial charge < -0.3 is 19.3 Å². The highest BCUT2D eigenvalue weighted by atomic mass is 32.2. The Morgan fingerprint density at radius 3 is 2.37 bits per heavy atom. The second kappa shape index (κ2) is 12.8. The van der Waals surface area contributed by atoms with Gasteiger partial charge >= 0.3 is 5.91 Å². The average Bonchev–Trinajstić information content (AvgIpc) is 3.65. The second-order valence-corrected chi connectivity index (χ2v) is 12.5. The van der Waals surface area contributed by atoms with Crippen LogP contribution in [0.25, 0.3) is 16.5 Å². The standard InChI is InChI=1S/C34H28FN3O6S2/c1-18-12-13-20(14-24(18)35)29(39)27-28(22-15-25(42-2)31(44-4)26(16-22)43-3)38(32(41)30(27)40)33-36-37-34(46-33)45-17-21-10-7-9-19-8-5-6-11-23(19)21/h5-16,28,39H,17H2,1-4H3/b29-27-. The van der Waals surface area contributed by atoms with Crippen molar-refractivity contribution in [3.05, 3.63) is 106 Å².